The largest absolute Gasteiger partial charge is 0.478 e. The second-order valence-corrected chi connectivity index (χ2v) is 5.44. The van der Waals surface area contributed by atoms with Gasteiger partial charge in [-0.05, 0) is 26.8 Å². The number of hydrogen-bond donors (Lipinski definition) is 1. The van der Waals surface area contributed by atoms with Gasteiger partial charge in [0.25, 0.3) is 0 Å². The van der Waals surface area contributed by atoms with Crippen molar-refractivity contribution in [2.45, 2.75) is 37.7 Å². The highest BCUT2D eigenvalue weighted by Crippen LogP contribution is 2.25. The molecule has 2 aromatic rings. The third-order valence-corrected chi connectivity index (χ3v) is 3.61. The molecule has 0 saturated heterocycles. The van der Waals surface area contributed by atoms with Crippen LogP contribution in [0.3, 0.4) is 0 Å². The second-order valence-electron chi connectivity index (χ2n) is 4.49. The van der Waals surface area contributed by atoms with Gasteiger partial charge in [0.2, 0.25) is 11.8 Å². The molecule has 0 radical (unpaired) electrons. The number of pyridine rings is 1. The van der Waals surface area contributed by atoms with Crippen LogP contribution < -0.4 is 10.5 Å². The van der Waals surface area contributed by atoms with Crippen LogP contribution >= 0.6 is 11.8 Å². The van der Waals surface area contributed by atoms with Crippen molar-refractivity contribution in [3.8, 4) is 5.88 Å². The molecule has 0 fully saturated rings. The molecule has 0 aromatic carbocycles. The van der Waals surface area contributed by atoms with Crippen LogP contribution in [0.15, 0.2) is 23.4 Å². The number of aromatic nitrogens is 4. The molecule has 0 saturated carbocycles. The number of hydrogen-bond acceptors (Lipinski definition) is 6. The van der Waals surface area contributed by atoms with E-state index < -0.39 is 0 Å². The van der Waals surface area contributed by atoms with Crippen LogP contribution in [0.25, 0.3) is 0 Å². The molecule has 0 spiro atoms. The van der Waals surface area contributed by atoms with Crippen LogP contribution in [0.2, 0.25) is 0 Å². The number of rotatable bonds is 6. The standard InChI is InChI=1S/C13H19N5OS/c1-4-19-11-7-5-6-10(15-11)8-20-13-17-16-12(14)18(13)9(2)3/h5-7,9H,4,8H2,1-3H3,(H2,14,16). The summed E-state index contributed by atoms with van der Waals surface area (Å²) in [4.78, 5) is 4.43. The molecule has 2 rings (SSSR count). The van der Waals surface area contributed by atoms with Crippen molar-refractivity contribution in [3.05, 3.63) is 23.9 Å². The van der Waals surface area contributed by atoms with Gasteiger partial charge in [-0.2, -0.15) is 0 Å². The smallest absolute Gasteiger partial charge is 0.222 e. The van der Waals surface area contributed by atoms with Gasteiger partial charge in [-0.1, -0.05) is 17.8 Å². The summed E-state index contributed by atoms with van der Waals surface area (Å²) in [6, 6.07) is 5.99. The molecule has 7 heteroatoms. The van der Waals surface area contributed by atoms with Crippen LogP contribution in [-0.4, -0.2) is 26.4 Å². The molecular formula is C13H19N5OS. The molecule has 0 unspecified atom stereocenters. The molecule has 20 heavy (non-hydrogen) atoms. The lowest BCUT2D eigenvalue weighted by molar-refractivity contribution is 0.326. The molecule has 2 aromatic heterocycles. The predicted octanol–water partition coefficient (Wildman–Crippen LogP) is 2.53. The van der Waals surface area contributed by atoms with E-state index in [2.05, 4.69) is 29.0 Å². The Morgan fingerprint density at radius 1 is 1.35 bits per heavy atom. The lowest BCUT2D eigenvalue weighted by atomic mass is 10.4. The fraction of sp³-hybridized carbons (Fsp3) is 0.462. The van der Waals surface area contributed by atoms with E-state index >= 15 is 0 Å². The molecule has 0 bridgehead atoms. The summed E-state index contributed by atoms with van der Waals surface area (Å²) in [6.45, 7) is 6.66. The summed E-state index contributed by atoms with van der Waals surface area (Å²) in [5.41, 5.74) is 6.76. The predicted molar refractivity (Wildman–Crippen MR) is 79.8 cm³/mol. The Kier molecular flexibility index (Phi) is 4.84. The first-order valence-corrected chi connectivity index (χ1v) is 7.52. The Hall–Kier alpha value is -1.76. The topological polar surface area (TPSA) is 78.9 Å². The number of anilines is 1. The van der Waals surface area contributed by atoms with Crippen molar-refractivity contribution >= 4 is 17.7 Å². The van der Waals surface area contributed by atoms with Gasteiger partial charge < -0.3 is 10.5 Å². The van der Waals surface area contributed by atoms with Crippen LogP contribution in [0.5, 0.6) is 5.88 Å². The third-order valence-electron chi connectivity index (χ3n) is 2.63. The SMILES string of the molecule is CCOc1cccc(CSc2nnc(N)n2C(C)C)n1. The number of nitrogens with zero attached hydrogens (tertiary/aromatic N) is 4. The zero-order valence-electron chi connectivity index (χ0n) is 11.9. The minimum atomic E-state index is 0.232. The number of ether oxygens (including phenoxy) is 1. The minimum absolute atomic E-state index is 0.232. The van der Waals surface area contributed by atoms with E-state index in [4.69, 9.17) is 10.5 Å². The summed E-state index contributed by atoms with van der Waals surface area (Å²) >= 11 is 1.57. The van der Waals surface area contributed by atoms with Gasteiger partial charge in [0, 0.05) is 17.9 Å². The van der Waals surface area contributed by atoms with Crippen LogP contribution in [0.1, 0.15) is 32.5 Å². The van der Waals surface area contributed by atoms with Crippen molar-refractivity contribution in [1.29, 1.82) is 0 Å². The van der Waals surface area contributed by atoms with Crippen molar-refractivity contribution in [1.82, 2.24) is 19.7 Å². The van der Waals surface area contributed by atoms with E-state index in [1.54, 1.807) is 11.8 Å². The molecule has 0 aliphatic heterocycles. The molecule has 2 heterocycles. The van der Waals surface area contributed by atoms with E-state index in [1.165, 1.54) is 0 Å². The average molecular weight is 293 g/mol. The quantitative estimate of drug-likeness (QED) is 0.824. The average Bonchev–Trinajstić information content (AvgIpc) is 2.78. The first-order chi connectivity index (χ1) is 9.61. The summed E-state index contributed by atoms with van der Waals surface area (Å²) < 4.78 is 7.30. The lowest BCUT2D eigenvalue weighted by Crippen LogP contribution is -2.07. The Bertz CT molecular complexity index is 570. The maximum atomic E-state index is 5.82. The van der Waals surface area contributed by atoms with Crippen molar-refractivity contribution in [2.24, 2.45) is 0 Å². The Balaban J connectivity index is 2.07. The van der Waals surface area contributed by atoms with E-state index in [0.717, 1.165) is 10.9 Å². The summed E-state index contributed by atoms with van der Waals surface area (Å²) in [5, 5.41) is 8.83. The maximum absolute atomic E-state index is 5.82. The molecule has 2 N–H and O–H groups in total. The minimum Gasteiger partial charge on any atom is -0.478 e. The van der Waals surface area contributed by atoms with E-state index in [9.17, 15) is 0 Å². The fourth-order valence-electron chi connectivity index (χ4n) is 1.78. The molecular weight excluding hydrogens is 274 g/mol. The fourth-order valence-corrected chi connectivity index (χ4v) is 2.76. The molecule has 0 aliphatic rings. The molecule has 0 amide bonds. The number of nitrogen functional groups attached to an aromatic ring is 1. The first-order valence-electron chi connectivity index (χ1n) is 6.53. The van der Waals surface area contributed by atoms with Crippen molar-refractivity contribution in [2.75, 3.05) is 12.3 Å². The maximum Gasteiger partial charge on any atom is 0.222 e. The van der Waals surface area contributed by atoms with Crippen molar-refractivity contribution in [3.63, 3.8) is 0 Å². The van der Waals surface area contributed by atoms with E-state index in [1.807, 2.05) is 29.7 Å². The third kappa shape index (κ3) is 3.41. The summed E-state index contributed by atoms with van der Waals surface area (Å²) in [6.07, 6.45) is 0. The van der Waals surface area contributed by atoms with Crippen LogP contribution in [-0.2, 0) is 5.75 Å². The van der Waals surface area contributed by atoms with Gasteiger partial charge in [0.1, 0.15) is 0 Å². The van der Waals surface area contributed by atoms with Gasteiger partial charge in [-0.15, -0.1) is 10.2 Å². The second kappa shape index (κ2) is 6.60. The highest BCUT2D eigenvalue weighted by molar-refractivity contribution is 7.98. The van der Waals surface area contributed by atoms with Gasteiger partial charge in [-0.25, -0.2) is 4.98 Å². The number of nitrogens with two attached hydrogens (primary N) is 1. The van der Waals surface area contributed by atoms with Crippen molar-refractivity contribution < 1.29 is 4.74 Å². The van der Waals surface area contributed by atoms with Gasteiger partial charge in [0.05, 0.1) is 12.3 Å². The van der Waals surface area contributed by atoms with Gasteiger partial charge >= 0.3 is 0 Å². The normalized spacial score (nSPS) is 11.0. The van der Waals surface area contributed by atoms with Crippen LogP contribution in [0, 0.1) is 0 Å². The Morgan fingerprint density at radius 3 is 2.85 bits per heavy atom. The summed E-state index contributed by atoms with van der Waals surface area (Å²) in [7, 11) is 0. The molecule has 0 aliphatic carbocycles. The highest BCUT2D eigenvalue weighted by atomic mass is 32.2. The highest BCUT2D eigenvalue weighted by Gasteiger charge is 2.13. The first kappa shape index (κ1) is 14.6. The molecule has 0 atom stereocenters. The van der Waals surface area contributed by atoms with Gasteiger partial charge in [-0.3, -0.25) is 4.57 Å². The summed E-state index contributed by atoms with van der Waals surface area (Å²) in [5.74, 6) is 1.79. The monoisotopic (exact) mass is 293 g/mol. The molecule has 108 valence electrons. The Labute approximate surface area is 122 Å². The van der Waals surface area contributed by atoms with E-state index in [-0.39, 0.29) is 6.04 Å². The zero-order valence-corrected chi connectivity index (χ0v) is 12.7. The number of thioether (sulfide) groups is 1. The van der Waals surface area contributed by atoms with E-state index in [0.29, 0.717) is 24.2 Å². The molecule has 6 nitrogen and oxygen atoms in total. The zero-order chi connectivity index (χ0) is 14.5. The lowest BCUT2D eigenvalue weighted by Gasteiger charge is -2.11. The Morgan fingerprint density at radius 2 is 2.15 bits per heavy atom. The van der Waals surface area contributed by atoms with Gasteiger partial charge in [0.15, 0.2) is 5.16 Å². The van der Waals surface area contributed by atoms with Crippen LogP contribution in [0.4, 0.5) is 5.95 Å².